The van der Waals surface area contributed by atoms with E-state index in [4.69, 9.17) is 0 Å². The molecule has 2 atom stereocenters. The molecule has 0 aliphatic carbocycles. The summed E-state index contributed by atoms with van der Waals surface area (Å²) in [6.45, 7) is 12.1. The molecule has 4 nitrogen and oxygen atoms in total. The second kappa shape index (κ2) is 5.21. The number of piperazine rings is 1. The molecule has 2 rings (SSSR count). The van der Waals surface area contributed by atoms with Gasteiger partial charge in [0.25, 0.3) is 5.91 Å². The van der Waals surface area contributed by atoms with Gasteiger partial charge in [0.15, 0.2) is 0 Å². The summed E-state index contributed by atoms with van der Waals surface area (Å²) in [4.78, 5) is 19.8. The molecule has 1 saturated heterocycles. The van der Waals surface area contributed by atoms with Gasteiger partial charge in [-0.3, -0.25) is 4.79 Å². The van der Waals surface area contributed by atoms with Crippen LogP contribution in [0.5, 0.6) is 0 Å². The number of hydrogen-bond donors (Lipinski definition) is 1. The van der Waals surface area contributed by atoms with E-state index >= 15 is 0 Å². The average Bonchev–Trinajstić information content (AvgIpc) is 2.74. The number of carbonyl (C=O) groups excluding carboxylic acids is 1. The van der Waals surface area contributed by atoms with Crippen molar-refractivity contribution in [3.63, 3.8) is 0 Å². The summed E-state index contributed by atoms with van der Waals surface area (Å²) >= 11 is 1.46. The van der Waals surface area contributed by atoms with E-state index in [0.29, 0.717) is 12.1 Å². The van der Waals surface area contributed by atoms with Crippen LogP contribution in [0.4, 0.5) is 0 Å². The van der Waals surface area contributed by atoms with Crippen molar-refractivity contribution < 1.29 is 4.79 Å². The maximum Gasteiger partial charge on any atom is 0.265 e. The monoisotopic (exact) mass is 281 g/mol. The zero-order valence-corrected chi connectivity index (χ0v) is 13.2. The minimum atomic E-state index is -0.0870. The third kappa shape index (κ3) is 3.15. The summed E-state index contributed by atoms with van der Waals surface area (Å²) in [5, 5.41) is 3.45. The average molecular weight is 281 g/mol. The number of rotatable bonds is 1. The predicted octanol–water partition coefficient (Wildman–Crippen LogP) is 2.26. The van der Waals surface area contributed by atoms with Crippen molar-refractivity contribution in [3.8, 4) is 0 Å². The van der Waals surface area contributed by atoms with Gasteiger partial charge < -0.3 is 10.2 Å². The molecule has 1 aromatic rings. The van der Waals surface area contributed by atoms with Gasteiger partial charge in [-0.1, -0.05) is 20.8 Å². The first kappa shape index (κ1) is 14.5. The highest BCUT2D eigenvalue weighted by atomic mass is 32.1. The lowest BCUT2D eigenvalue weighted by Crippen LogP contribution is -2.55. The van der Waals surface area contributed by atoms with Gasteiger partial charge in [0.1, 0.15) is 4.88 Å². The highest BCUT2D eigenvalue weighted by Crippen LogP contribution is 2.28. The predicted molar refractivity (Wildman–Crippen MR) is 78.8 cm³/mol. The molecule has 0 saturated carbocycles. The third-order valence-electron chi connectivity index (χ3n) is 3.32. The molecule has 106 valence electrons. The van der Waals surface area contributed by atoms with E-state index in [0.717, 1.165) is 23.7 Å². The lowest BCUT2D eigenvalue weighted by molar-refractivity contribution is 0.0676. The van der Waals surface area contributed by atoms with E-state index in [2.05, 4.69) is 44.9 Å². The second-order valence-electron chi connectivity index (χ2n) is 6.46. The largest absolute Gasteiger partial charge is 0.335 e. The van der Waals surface area contributed by atoms with Crippen molar-refractivity contribution in [2.24, 2.45) is 0 Å². The zero-order chi connectivity index (χ0) is 14.2. The molecule has 1 N–H and O–H groups in total. The Morgan fingerprint density at radius 1 is 1.37 bits per heavy atom. The first-order valence-corrected chi connectivity index (χ1v) is 7.66. The minimum absolute atomic E-state index is 0.0870. The molecule has 1 amide bonds. The maximum absolute atomic E-state index is 12.7. The highest BCUT2D eigenvalue weighted by Gasteiger charge is 2.31. The molecule has 5 heteroatoms. The molecule has 2 heterocycles. The van der Waals surface area contributed by atoms with Gasteiger partial charge in [-0.2, -0.15) is 0 Å². The fraction of sp³-hybridized carbons (Fsp3) is 0.714. The number of nitrogens with one attached hydrogen (secondary N) is 1. The van der Waals surface area contributed by atoms with E-state index in [-0.39, 0.29) is 11.3 Å². The topological polar surface area (TPSA) is 45.2 Å². The van der Waals surface area contributed by atoms with Crippen LogP contribution in [-0.2, 0) is 5.41 Å². The van der Waals surface area contributed by atoms with E-state index in [1.165, 1.54) is 11.3 Å². The number of nitrogens with zero attached hydrogens (tertiary/aromatic N) is 2. The summed E-state index contributed by atoms with van der Waals surface area (Å²) in [6, 6.07) is 0.692. The van der Waals surface area contributed by atoms with Crippen LogP contribution in [0.25, 0.3) is 0 Å². The lowest BCUT2D eigenvalue weighted by Gasteiger charge is -2.36. The van der Waals surface area contributed by atoms with Crippen LogP contribution in [0.3, 0.4) is 0 Å². The van der Waals surface area contributed by atoms with Crippen LogP contribution in [0, 0.1) is 0 Å². The summed E-state index contributed by atoms with van der Waals surface area (Å²) in [6.07, 6.45) is 0. The number of hydrogen-bond acceptors (Lipinski definition) is 4. The maximum atomic E-state index is 12.7. The summed E-state index contributed by atoms with van der Waals surface area (Å²) in [5.41, 5.74) is 2.61. The van der Waals surface area contributed by atoms with Gasteiger partial charge in [-0.05, 0) is 13.8 Å². The Kier molecular flexibility index (Phi) is 3.97. The highest BCUT2D eigenvalue weighted by molar-refractivity contribution is 7.11. The Morgan fingerprint density at radius 2 is 1.95 bits per heavy atom. The Labute approximate surface area is 119 Å². The Hall–Kier alpha value is -0.940. The van der Waals surface area contributed by atoms with Crippen LogP contribution in [0.15, 0.2) is 5.51 Å². The Morgan fingerprint density at radius 3 is 2.47 bits per heavy atom. The molecule has 0 unspecified atom stereocenters. The number of thiazole rings is 1. The number of amides is 1. The zero-order valence-electron chi connectivity index (χ0n) is 12.4. The van der Waals surface area contributed by atoms with Crippen molar-refractivity contribution in [1.82, 2.24) is 15.2 Å². The molecule has 1 aromatic heterocycles. The van der Waals surface area contributed by atoms with E-state index in [1.807, 2.05) is 4.90 Å². The van der Waals surface area contributed by atoms with E-state index in [1.54, 1.807) is 5.51 Å². The molecular formula is C14H23N3OS. The summed E-state index contributed by atoms with van der Waals surface area (Å²) in [5.74, 6) is 0.132. The summed E-state index contributed by atoms with van der Waals surface area (Å²) < 4.78 is 0. The SMILES string of the molecule is C[C@@H]1CN(C(=O)c2scnc2C(C)(C)C)C[C@@H](C)N1. The van der Waals surface area contributed by atoms with Crippen LogP contribution in [0.2, 0.25) is 0 Å². The molecule has 1 aliphatic rings. The smallest absolute Gasteiger partial charge is 0.265 e. The fourth-order valence-corrected chi connectivity index (χ4v) is 3.53. The van der Waals surface area contributed by atoms with Crippen molar-refractivity contribution in [2.75, 3.05) is 13.1 Å². The standard InChI is InChI=1S/C14H23N3OS/c1-9-6-17(7-10(2)16-9)13(18)11-12(14(3,4)5)15-8-19-11/h8-10,16H,6-7H2,1-5H3/t9-,10-/m1/s1. The fourth-order valence-electron chi connectivity index (χ4n) is 2.57. The molecule has 0 radical (unpaired) electrons. The van der Waals surface area contributed by atoms with Crippen LogP contribution >= 0.6 is 11.3 Å². The van der Waals surface area contributed by atoms with E-state index < -0.39 is 0 Å². The number of aromatic nitrogens is 1. The van der Waals surface area contributed by atoms with Gasteiger partial charge in [0.05, 0.1) is 11.2 Å². The summed E-state index contributed by atoms with van der Waals surface area (Å²) in [7, 11) is 0. The van der Waals surface area contributed by atoms with Gasteiger partial charge >= 0.3 is 0 Å². The molecule has 0 aromatic carbocycles. The normalized spacial score (nSPS) is 24.6. The molecule has 1 fully saturated rings. The quantitative estimate of drug-likeness (QED) is 0.859. The first-order chi connectivity index (χ1) is 8.79. The van der Waals surface area contributed by atoms with Gasteiger partial charge in [0.2, 0.25) is 0 Å². The van der Waals surface area contributed by atoms with Crippen LogP contribution < -0.4 is 5.32 Å². The third-order valence-corrected chi connectivity index (χ3v) is 4.13. The van der Waals surface area contributed by atoms with Crippen molar-refractivity contribution >= 4 is 17.2 Å². The van der Waals surface area contributed by atoms with Gasteiger partial charge in [-0.25, -0.2) is 4.98 Å². The minimum Gasteiger partial charge on any atom is -0.335 e. The second-order valence-corrected chi connectivity index (χ2v) is 7.31. The van der Waals surface area contributed by atoms with Crippen LogP contribution in [0.1, 0.15) is 50.0 Å². The van der Waals surface area contributed by atoms with Crippen molar-refractivity contribution in [2.45, 2.75) is 52.1 Å². The van der Waals surface area contributed by atoms with Gasteiger partial charge in [-0.15, -0.1) is 11.3 Å². The van der Waals surface area contributed by atoms with Crippen molar-refractivity contribution in [1.29, 1.82) is 0 Å². The van der Waals surface area contributed by atoms with Gasteiger partial charge in [0, 0.05) is 30.6 Å². The Balaban J connectivity index is 2.23. The number of carbonyl (C=O) groups is 1. The molecule has 1 aliphatic heterocycles. The molecule has 19 heavy (non-hydrogen) atoms. The lowest BCUT2D eigenvalue weighted by atomic mass is 9.91. The van der Waals surface area contributed by atoms with Crippen molar-refractivity contribution in [3.05, 3.63) is 16.1 Å². The molecule has 0 spiro atoms. The Bertz CT molecular complexity index is 454. The molecular weight excluding hydrogens is 258 g/mol. The van der Waals surface area contributed by atoms with Crippen LogP contribution in [-0.4, -0.2) is 41.0 Å². The first-order valence-electron chi connectivity index (χ1n) is 6.78. The molecule has 0 bridgehead atoms. The van der Waals surface area contributed by atoms with E-state index in [9.17, 15) is 4.79 Å².